The quantitative estimate of drug-likeness (QED) is 0.889. The predicted molar refractivity (Wildman–Crippen MR) is 74.5 cm³/mol. The minimum absolute atomic E-state index is 0.164. The van der Waals surface area contributed by atoms with Gasteiger partial charge in [0.2, 0.25) is 5.82 Å². The normalized spacial score (nSPS) is 18.4. The van der Waals surface area contributed by atoms with Crippen LogP contribution in [0.2, 0.25) is 0 Å². The van der Waals surface area contributed by atoms with E-state index in [2.05, 4.69) is 14.7 Å². The zero-order chi connectivity index (χ0) is 18.2. The molecule has 3 rings (SSSR count). The number of aliphatic carboxylic acids is 1. The van der Waals surface area contributed by atoms with Crippen LogP contribution in [-0.2, 0) is 20.5 Å². The Kier molecular flexibility index (Phi) is 4.17. The predicted octanol–water partition coefficient (Wildman–Crippen LogP) is 1.57. The minimum Gasteiger partial charge on any atom is -0.480 e. The second kappa shape index (κ2) is 6.16. The Morgan fingerprint density at radius 2 is 1.96 bits per heavy atom. The molecule has 11 heteroatoms. The lowest BCUT2D eigenvalue weighted by Crippen LogP contribution is -2.53. The van der Waals surface area contributed by atoms with Crippen molar-refractivity contribution in [2.24, 2.45) is 0 Å². The van der Waals surface area contributed by atoms with Crippen LogP contribution in [0.25, 0.3) is 11.4 Å². The molecule has 1 aromatic heterocycles. The Bertz CT molecular complexity index is 803. The first-order chi connectivity index (χ1) is 11.8. The van der Waals surface area contributed by atoms with Crippen molar-refractivity contribution in [1.29, 1.82) is 0 Å². The monoisotopic (exact) mass is 357 g/mol. The van der Waals surface area contributed by atoms with Crippen LogP contribution in [0.4, 0.5) is 18.9 Å². The van der Waals surface area contributed by atoms with Gasteiger partial charge in [-0.15, -0.1) is 0 Å². The number of benzene rings is 1. The molecule has 0 bridgehead atoms. The SMILES string of the molecule is O=C(O)[C@@H]1COCC(=O)N1c1ccc(-c2noc(C(F)(F)F)n2)cc1. The van der Waals surface area contributed by atoms with E-state index >= 15 is 0 Å². The number of aromatic nitrogens is 2. The summed E-state index contributed by atoms with van der Waals surface area (Å²) in [5.41, 5.74) is 0.486. The molecule has 0 aliphatic carbocycles. The summed E-state index contributed by atoms with van der Waals surface area (Å²) >= 11 is 0. The van der Waals surface area contributed by atoms with Crippen LogP contribution in [0, 0.1) is 0 Å². The summed E-state index contributed by atoms with van der Waals surface area (Å²) in [5.74, 6) is -3.52. The van der Waals surface area contributed by atoms with Crippen LogP contribution in [0.3, 0.4) is 0 Å². The van der Waals surface area contributed by atoms with Gasteiger partial charge in [-0.2, -0.15) is 18.2 Å². The Morgan fingerprint density at radius 1 is 1.28 bits per heavy atom. The molecule has 2 aromatic rings. The third-order valence-corrected chi connectivity index (χ3v) is 3.44. The van der Waals surface area contributed by atoms with E-state index in [1.54, 1.807) is 0 Å². The molecule has 1 amide bonds. The summed E-state index contributed by atoms with van der Waals surface area (Å²) in [7, 11) is 0. The summed E-state index contributed by atoms with van der Waals surface area (Å²) in [6, 6.07) is 4.31. The highest BCUT2D eigenvalue weighted by Crippen LogP contribution is 2.30. The van der Waals surface area contributed by atoms with Crippen LogP contribution in [0.5, 0.6) is 0 Å². The number of hydrogen-bond acceptors (Lipinski definition) is 6. The van der Waals surface area contributed by atoms with E-state index in [0.29, 0.717) is 0 Å². The maximum absolute atomic E-state index is 12.5. The van der Waals surface area contributed by atoms with Gasteiger partial charge in [-0.05, 0) is 24.3 Å². The van der Waals surface area contributed by atoms with E-state index < -0.39 is 30.0 Å². The molecule has 1 N–H and O–H groups in total. The summed E-state index contributed by atoms with van der Waals surface area (Å²) in [4.78, 5) is 27.5. The lowest BCUT2D eigenvalue weighted by molar-refractivity contribution is -0.159. The van der Waals surface area contributed by atoms with Crippen LogP contribution in [0.1, 0.15) is 5.89 Å². The van der Waals surface area contributed by atoms with Crippen molar-refractivity contribution in [3.05, 3.63) is 30.2 Å². The number of amides is 1. The molecule has 0 unspecified atom stereocenters. The van der Waals surface area contributed by atoms with Crippen LogP contribution >= 0.6 is 0 Å². The zero-order valence-electron chi connectivity index (χ0n) is 12.4. The van der Waals surface area contributed by atoms with E-state index in [-0.39, 0.29) is 30.3 Å². The molecule has 2 heterocycles. The Hall–Kier alpha value is -2.95. The third-order valence-electron chi connectivity index (χ3n) is 3.44. The van der Waals surface area contributed by atoms with Gasteiger partial charge in [-0.3, -0.25) is 9.69 Å². The largest absolute Gasteiger partial charge is 0.480 e. The van der Waals surface area contributed by atoms with E-state index in [9.17, 15) is 27.9 Å². The van der Waals surface area contributed by atoms with E-state index in [0.717, 1.165) is 4.90 Å². The van der Waals surface area contributed by atoms with Crippen LogP contribution < -0.4 is 4.90 Å². The van der Waals surface area contributed by atoms with Crippen molar-refractivity contribution >= 4 is 17.6 Å². The molecule has 1 fully saturated rings. The molecule has 1 saturated heterocycles. The fourth-order valence-electron chi connectivity index (χ4n) is 2.31. The van der Waals surface area contributed by atoms with Crippen molar-refractivity contribution in [1.82, 2.24) is 10.1 Å². The number of nitrogens with zero attached hydrogens (tertiary/aromatic N) is 3. The van der Waals surface area contributed by atoms with Gasteiger partial charge in [0.15, 0.2) is 6.04 Å². The highest BCUT2D eigenvalue weighted by molar-refractivity contribution is 6.00. The average Bonchev–Trinajstić information content (AvgIpc) is 3.05. The maximum Gasteiger partial charge on any atom is 0.471 e. The smallest absolute Gasteiger partial charge is 0.471 e. The average molecular weight is 357 g/mol. The van der Waals surface area contributed by atoms with E-state index in [1.807, 2.05) is 0 Å². The Morgan fingerprint density at radius 3 is 2.52 bits per heavy atom. The molecule has 8 nitrogen and oxygen atoms in total. The van der Waals surface area contributed by atoms with Crippen molar-refractivity contribution in [2.75, 3.05) is 18.1 Å². The van der Waals surface area contributed by atoms with Gasteiger partial charge in [0.1, 0.15) is 6.61 Å². The van der Waals surface area contributed by atoms with Gasteiger partial charge in [-0.1, -0.05) is 5.16 Å². The van der Waals surface area contributed by atoms with Crippen LogP contribution in [-0.4, -0.2) is 46.4 Å². The third kappa shape index (κ3) is 3.31. The molecule has 132 valence electrons. The standard InChI is InChI=1S/C14H10F3N3O5/c15-14(16,17)13-18-11(19-25-13)7-1-3-8(4-2-7)20-9(12(22)23)5-24-6-10(20)21/h1-4,9H,5-6H2,(H,22,23)/t9-/m0/s1. The van der Waals surface area contributed by atoms with Crippen molar-refractivity contribution in [2.45, 2.75) is 12.2 Å². The van der Waals surface area contributed by atoms with Gasteiger partial charge in [0.25, 0.3) is 5.91 Å². The number of hydrogen-bond donors (Lipinski definition) is 1. The highest BCUT2D eigenvalue weighted by Gasteiger charge is 2.39. The number of rotatable bonds is 3. The first-order valence-electron chi connectivity index (χ1n) is 6.91. The molecule has 1 aromatic carbocycles. The number of alkyl halides is 3. The van der Waals surface area contributed by atoms with Crippen molar-refractivity contribution < 1.29 is 37.1 Å². The molecule has 1 aliphatic rings. The van der Waals surface area contributed by atoms with Crippen molar-refractivity contribution in [3.8, 4) is 11.4 Å². The van der Waals surface area contributed by atoms with Gasteiger partial charge < -0.3 is 14.4 Å². The summed E-state index contributed by atoms with van der Waals surface area (Å²) in [5, 5.41) is 12.4. The number of anilines is 1. The number of carboxylic acid groups (broad SMARTS) is 1. The molecule has 0 radical (unpaired) electrons. The Labute approximate surface area is 137 Å². The fourth-order valence-corrected chi connectivity index (χ4v) is 2.31. The molecule has 25 heavy (non-hydrogen) atoms. The van der Waals surface area contributed by atoms with Gasteiger partial charge in [0, 0.05) is 11.3 Å². The Balaban J connectivity index is 1.88. The number of carbonyl (C=O) groups excluding carboxylic acids is 1. The molecule has 1 aliphatic heterocycles. The number of carboxylic acids is 1. The summed E-state index contributed by atoms with van der Waals surface area (Å²) < 4.78 is 46.5. The van der Waals surface area contributed by atoms with E-state index in [4.69, 9.17) is 4.74 Å². The van der Waals surface area contributed by atoms with Gasteiger partial charge in [-0.25, -0.2) is 4.79 Å². The van der Waals surface area contributed by atoms with E-state index in [1.165, 1.54) is 24.3 Å². The summed E-state index contributed by atoms with van der Waals surface area (Å²) in [6.45, 7) is -0.423. The number of halogens is 3. The molecule has 1 atom stereocenters. The highest BCUT2D eigenvalue weighted by atomic mass is 19.4. The first-order valence-corrected chi connectivity index (χ1v) is 6.91. The molecular formula is C14H10F3N3O5. The van der Waals surface area contributed by atoms with Crippen molar-refractivity contribution in [3.63, 3.8) is 0 Å². The lowest BCUT2D eigenvalue weighted by atomic mass is 10.1. The molecule has 0 saturated carbocycles. The topological polar surface area (TPSA) is 106 Å². The summed E-state index contributed by atoms with van der Waals surface area (Å²) in [6.07, 6.45) is -4.75. The van der Waals surface area contributed by atoms with Crippen LogP contribution in [0.15, 0.2) is 28.8 Å². The second-order valence-electron chi connectivity index (χ2n) is 5.10. The second-order valence-corrected chi connectivity index (χ2v) is 5.10. The maximum atomic E-state index is 12.5. The van der Waals surface area contributed by atoms with Gasteiger partial charge >= 0.3 is 18.0 Å². The lowest BCUT2D eigenvalue weighted by Gasteiger charge is -2.32. The number of ether oxygens (including phenoxy) is 1. The molecular weight excluding hydrogens is 347 g/mol. The van der Waals surface area contributed by atoms with Gasteiger partial charge in [0.05, 0.1) is 6.61 Å². The zero-order valence-corrected chi connectivity index (χ0v) is 12.4. The first kappa shape index (κ1) is 16.9. The minimum atomic E-state index is -4.75. The number of carbonyl (C=O) groups is 2. The fraction of sp³-hybridized carbons (Fsp3) is 0.286. The number of morpholine rings is 1. The molecule has 0 spiro atoms.